The van der Waals surface area contributed by atoms with E-state index in [1.54, 1.807) is 0 Å². The molecule has 0 saturated heterocycles. The van der Waals surface area contributed by atoms with Crippen LogP contribution in [0.4, 0.5) is 0 Å². The summed E-state index contributed by atoms with van der Waals surface area (Å²) < 4.78 is 0. The van der Waals surface area contributed by atoms with Crippen molar-refractivity contribution in [3.05, 3.63) is 34.9 Å². The molecule has 1 aliphatic carbocycles. The molecule has 0 bridgehead atoms. The van der Waals surface area contributed by atoms with Gasteiger partial charge in [-0.1, -0.05) is 44.5 Å². The van der Waals surface area contributed by atoms with E-state index >= 15 is 0 Å². The molecule has 1 saturated carbocycles. The molecule has 3 heteroatoms. The summed E-state index contributed by atoms with van der Waals surface area (Å²) in [7, 11) is 0. The maximum Gasteiger partial charge on any atom is 0.0488 e. The number of nitrogens with two attached hydrogens (primary N) is 1. The first kappa shape index (κ1) is 15.8. The molecule has 2 nitrogen and oxygen atoms in total. The van der Waals surface area contributed by atoms with Crippen molar-refractivity contribution in [1.29, 1.82) is 0 Å². The van der Waals surface area contributed by atoms with Crippen LogP contribution in [0.15, 0.2) is 24.3 Å². The average Bonchev–Trinajstić information content (AvgIpc) is 2.39. The van der Waals surface area contributed by atoms with Gasteiger partial charge in [0.15, 0.2) is 0 Å². The van der Waals surface area contributed by atoms with E-state index in [4.69, 9.17) is 17.4 Å². The Morgan fingerprint density at radius 2 is 1.85 bits per heavy atom. The Kier molecular flexibility index (Phi) is 5.11. The predicted molar refractivity (Wildman–Crippen MR) is 86.4 cm³/mol. The number of hydrogen-bond acceptors (Lipinski definition) is 2. The van der Waals surface area contributed by atoms with E-state index in [1.165, 1.54) is 31.2 Å². The van der Waals surface area contributed by atoms with Gasteiger partial charge in [-0.3, -0.25) is 11.3 Å². The molecule has 0 heterocycles. The van der Waals surface area contributed by atoms with Gasteiger partial charge in [0, 0.05) is 11.1 Å². The molecule has 2 rings (SSSR count). The molecule has 0 spiro atoms. The minimum atomic E-state index is 0.217. The first-order valence-electron chi connectivity index (χ1n) is 7.63. The van der Waals surface area contributed by atoms with E-state index in [-0.39, 0.29) is 6.04 Å². The van der Waals surface area contributed by atoms with Crippen LogP contribution in [0.3, 0.4) is 0 Å². The molecular formula is C17H27ClN2. The van der Waals surface area contributed by atoms with Crippen molar-refractivity contribution in [3.8, 4) is 0 Å². The van der Waals surface area contributed by atoms with Crippen molar-refractivity contribution in [1.82, 2.24) is 5.43 Å². The highest BCUT2D eigenvalue weighted by Gasteiger charge is 2.33. The third kappa shape index (κ3) is 3.75. The molecule has 112 valence electrons. The second-order valence-corrected chi connectivity index (χ2v) is 7.61. The zero-order chi connectivity index (χ0) is 14.8. The Balaban J connectivity index is 2.04. The highest BCUT2D eigenvalue weighted by molar-refractivity contribution is 6.30. The van der Waals surface area contributed by atoms with Gasteiger partial charge in [0.1, 0.15) is 0 Å². The summed E-state index contributed by atoms with van der Waals surface area (Å²) >= 11 is 6.10. The minimum Gasteiger partial charge on any atom is -0.271 e. The van der Waals surface area contributed by atoms with Crippen LogP contribution < -0.4 is 11.3 Å². The van der Waals surface area contributed by atoms with Crippen LogP contribution in [0.1, 0.15) is 58.1 Å². The summed E-state index contributed by atoms with van der Waals surface area (Å²) in [6.07, 6.45) is 5.08. The van der Waals surface area contributed by atoms with Gasteiger partial charge in [-0.05, 0) is 60.6 Å². The third-order valence-electron chi connectivity index (χ3n) is 4.86. The summed E-state index contributed by atoms with van der Waals surface area (Å²) in [6, 6.07) is 8.28. The topological polar surface area (TPSA) is 38.0 Å². The summed E-state index contributed by atoms with van der Waals surface area (Å²) in [5.41, 5.74) is 4.64. The molecule has 0 aliphatic heterocycles. The zero-order valence-electron chi connectivity index (χ0n) is 12.8. The van der Waals surface area contributed by atoms with Gasteiger partial charge in [0.2, 0.25) is 0 Å². The van der Waals surface area contributed by atoms with E-state index in [0.29, 0.717) is 11.3 Å². The Bertz CT molecular complexity index is 431. The molecule has 0 radical (unpaired) electrons. The first-order chi connectivity index (χ1) is 9.41. The van der Waals surface area contributed by atoms with Crippen molar-refractivity contribution in [3.63, 3.8) is 0 Å². The molecular weight excluding hydrogens is 268 g/mol. The molecule has 1 aliphatic rings. The smallest absolute Gasteiger partial charge is 0.0488 e. The van der Waals surface area contributed by atoms with Gasteiger partial charge >= 0.3 is 0 Å². The molecule has 20 heavy (non-hydrogen) atoms. The monoisotopic (exact) mass is 294 g/mol. The van der Waals surface area contributed by atoms with Crippen LogP contribution in [0.25, 0.3) is 0 Å². The largest absolute Gasteiger partial charge is 0.271 e. The summed E-state index contributed by atoms with van der Waals surface area (Å²) in [5.74, 6) is 7.25. The van der Waals surface area contributed by atoms with Crippen LogP contribution in [-0.2, 0) is 0 Å². The SMILES string of the molecule is CC(C)(C)C1CCC(C(NN)c2cccc(Cl)c2)CC1. The van der Waals surface area contributed by atoms with Crippen LogP contribution in [-0.4, -0.2) is 0 Å². The van der Waals surface area contributed by atoms with Crippen molar-refractivity contribution in [2.45, 2.75) is 52.5 Å². The molecule has 1 unspecified atom stereocenters. The van der Waals surface area contributed by atoms with Gasteiger partial charge in [0.25, 0.3) is 0 Å². The van der Waals surface area contributed by atoms with Gasteiger partial charge in [-0.15, -0.1) is 0 Å². The number of hydrazine groups is 1. The quantitative estimate of drug-likeness (QED) is 0.626. The van der Waals surface area contributed by atoms with Gasteiger partial charge in [-0.25, -0.2) is 0 Å². The maximum absolute atomic E-state index is 6.10. The molecule has 1 aromatic carbocycles. The van der Waals surface area contributed by atoms with Gasteiger partial charge in [-0.2, -0.15) is 0 Å². The second-order valence-electron chi connectivity index (χ2n) is 7.18. The molecule has 1 aromatic rings. The lowest BCUT2D eigenvalue weighted by atomic mass is 9.68. The molecule has 0 aromatic heterocycles. The number of nitrogens with one attached hydrogen (secondary N) is 1. The number of halogens is 1. The van der Waals surface area contributed by atoms with E-state index in [1.807, 2.05) is 18.2 Å². The Morgan fingerprint density at radius 3 is 2.35 bits per heavy atom. The lowest BCUT2D eigenvalue weighted by Gasteiger charge is -2.39. The molecule has 1 fully saturated rings. The number of benzene rings is 1. The first-order valence-corrected chi connectivity index (χ1v) is 8.01. The highest BCUT2D eigenvalue weighted by atomic mass is 35.5. The fourth-order valence-electron chi connectivity index (χ4n) is 3.52. The van der Waals surface area contributed by atoms with E-state index in [9.17, 15) is 0 Å². The lowest BCUT2D eigenvalue weighted by molar-refractivity contribution is 0.132. The second kappa shape index (κ2) is 6.46. The fourth-order valence-corrected chi connectivity index (χ4v) is 3.72. The fraction of sp³-hybridized carbons (Fsp3) is 0.647. The molecule has 3 N–H and O–H groups in total. The van der Waals surface area contributed by atoms with Crippen molar-refractivity contribution in [2.24, 2.45) is 23.1 Å². The van der Waals surface area contributed by atoms with Crippen LogP contribution in [0.2, 0.25) is 5.02 Å². The van der Waals surface area contributed by atoms with Crippen LogP contribution in [0.5, 0.6) is 0 Å². The summed E-state index contributed by atoms with van der Waals surface area (Å²) in [4.78, 5) is 0. The van der Waals surface area contributed by atoms with E-state index < -0.39 is 0 Å². The third-order valence-corrected chi connectivity index (χ3v) is 5.09. The Morgan fingerprint density at radius 1 is 1.20 bits per heavy atom. The normalized spacial score (nSPS) is 25.4. The Labute approximate surface area is 128 Å². The van der Waals surface area contributed by atoms with Gasteiger partial charge < -0.3 is 0 Å². The number of hydrogen-bond donors (Lipinski definition) is 2. The maximum atomic E-state index is 6.10. The van der Waals surface area contributed by atoms with Crippen molar-refractivity contribution >= 4 is 11.6 Å². The van der Waals surface area contributed by atoms with E-state index in [2.05, 4.69) is 32.3 Å². The highest BCUT2D eigenvalue weighted by Crippen LogP contribution is 2.43. The van der Waals surface area contributed by atoms with Crippen LogP contribution in [0, 0.1) is 17.3 Å². The lowest BCUT2D eigenvalue weighted by Crippen LogP contribution is -2.36. The molecule has 1 atom stereocenters. The number of rotatable bonds is 3. The van der Waals surface area contributed by atoms with Crippen molar-refractivity contribution < 1.29 is 0 Å². The zero-order valence-corrected chi connectivity index (χ0v) is 13.6. The summed E-state index contributed by atoms with van der Waals surface area (Å²) in [6.45, 7) is 7.06. The van der Waals surface area contributed by atoms with E-state index in [0.717, 1.165) is 10.9 Å². The summed E-state index contributed by atoms with van der Waals surface area (Å²) in [5, 5.41) is 0.783. The van der Waals surface area contributed by atoms with Crippen molar-refractivity contribution in [2.75, 3.05) is 0 Å². The standard InChI is InChI=1S/C17H27ClN2/c1-17(2,3)14-9-7-12(8-10-14)16(20-19)13-5-4-6-15(18)11-13/h4-6,11-12,14,16,20H,7-10,19H2,1-3H3. The Hall–Kier alpha value is -0.570. The minimum absolute atomic E-state index is 0.217. The van der Waals surface area contributed by atoms with Crippen LogP contribution >= 0.6 is 11.6 Å². The van der Waals surface area contributed by atoms with Gasteiger partial charge in [0.05, 0.1) is 0 Å². The predicted octanol–water partition coefficient (Wildman–Crippen LogP) is 4.70. The molecule has 0 amide bonds. The average molecular weight is 295 g/mol.